The molecule has 1 rings (SSSR count). The van der Waals surface area contributed by atoms with Gasteiger partial charge in [0.2, 0.25) is 9.05 Å². The fourth-order valence-corrected chi connectivity index (χ4v) is 2.14. The highest BCUT2D eigenvalue weighted by Gasteiger charge is 2.08. The van der Waals surface area contributed by atoms with E-state index >= 15 is 0 Å². The lowest BCUT2D eigenvalue weighted by atomic mass is 10.3. The predicted molar refractivity (Wildman–Crippen MR) is 64.7 cm³/mol. The quantitative estimate of drug-likeness (QED) is 0.759. The summed E-state index contributed by atoms with van der Waals surface area (Å²) in [5, 5.41) is 0. The van der Waals surface area contributed by atoms with E-state index in [4.69, 9.17) is 15.4 Å². The molecule has 0 aliphatic rings. The molecule has 0 heterocycles. The Balaban J connectivity index is 2.64. The zero-order valence-electron chi connectivity index (χ0n) is 8.96. The SMILES string of the molecule is CS(=O)(=O)c1ccc(OCCS(=O)(=O)Cl)cc1. The van der Waals surface area contributed by atoms with Gasteiger partial charge in [-0.15, -0.1) is 0 Å². The zero-order chi connectivity index (χ0) is 13.1. The van der Waals surface area contributed by atoms with Crippen LogP contribution in [0.4, 0.5) is 0 Å². The van der Waals surface area contributed by atoms with Gasteiger partial charge in [0, 0.05) is 16.9 Å². The molecule has 0 fully saturated rings. The summed E-state index contributed by atoms with van der Waals surface area (Å²) in [5.41, 5.74) is 0. The fourth-order valence-electron chi connectivity index (χ4n) is 1.04. The third kappa shape index (κ3) is 5.38. The Labute approximate surface area is 105 Å². The molecule has 0 radical (unpaired) electrons. The first-order valence-corrected chi connectivity index (χ1v) is 8.91. The van der Waals surface area contributed by atoms with E-state index in [1.807, 2.05) is 0 Å². The number of hydrogen-bond donors (Lipinski definition) is 0. The average molecular weight is 299 g/mol. The summed E-state index contributed by atoms with van der Waals surface area (Å²) >= 11 is 0. The lowest BCUT2D eigenvalue weighted by molar-refractivity contribution is 0.341. The number of benzene rings is 1. The van der Waals surface area contributed by atoms with Crippen molar-refractivity contribution in [3.05, 3.63) is 24.3 Å². The maximum absolute atomic E-state index is 11.2. The minimum absolute atomic E-state index is 0.0793. The van der Waals surface area contributed by atoms with Crippen LogP contribution in [0.5, 0.6) is 5.75 Å². The monoisotopic (exact) mass is 298 g/mol. The fraction of sp³-hybridized carbons (Fsp3) is 0.333. The topological polar surface area (TPSA) is 77.5 Å². The second-order valence-corrected chi connectivity index (χ2v) is 8.25. The van der Waals surface area contributed by atoms with Crippen molar-refractivity contribution in [1.29, 1.82) is 0 Å². The number of hydrogen-bond acceptors (Lipinski definition) is 5. The maximum Gasteiger partial charge on any atom is 0.235 e. The van der Waals surface area contributed by atoms with Crippen molar-refractivity contribution in [3.8, 4) is 5.75 Å². The van der Waals surface area contributed by atoms with Crippen molar-refractivity contribution in [2.75, 3.05) is 18.6 Å². The third-order valence-corrected chi connectivity index (χ3v) is 4.09. The summed E-state index contributed by atoms with van der Waals surface area (Å²) in [6, 6.07) is 5.69. The minimum Gasteiger partial charge on any atom is -0.492 e. The molecule has 0 bridgehead atoms. The normalized spacial score (nSPS) is 12.4. The molecule has 1 aromatic carbocycles. The van der Waals surface area contributed by atoms with Gasteiger partial charge in [-0.3, -0.25) is 0 Å². The Morgan fingerprint density at radius 2 is 1.65 bits per heavy atom. The third-order valence-electron chi connectivity index (χ3n) is 1.85. The molecule has 17 heavy (non-hydrogen) atoms. The van der Waals surface area contributed by atoms with Crippen molar-refractivity contribution in [3.63, 3.8) is 0 Å². The summed E-state index contributed by atoms with van der Waals surface area (Å²) in [6.07, 6.45) is 1.10. The van der Waals surface area contributed by atoms with Gasteiger partial charge in [0.05, 0.1) is 10.6 Å². The summed E-state index contributed by atoms with van der Waals surface area (Å²) in [7, 11) is -1.81. The van der Waals surface area contributed by atoms with Crippen LogP contribution in [0.2, 0.25) is 0 Å². The molecule has 5 nitrogen and oxygen atoms in total. The molecule has 1 aromatic rings. The number of halogens is 1. The minimum atomic E-state index is -3.57. The Morgan fingerprint density at radius 3 is 2.06 bits per heavy atom. The highest BCUT2D eigenvalue weighted by molar-refractivity contribution is 8.13. The van der Waals surface area contributed by atoms with E-state index in [1.54, 1.807) is 0 Å². The highest BCUT2D eigenvalue weighted by Crippen LogP contribution is 2.15. The summed E-state index contributed by atoms with van der Waals surface area (Å²) in [5.74, 6) is 0.0836. The van der Waals surface area contributed by atoms with Gasteiger partial charge in [-0.05, 0) is 24.3 Å². The summed E-state index contributed by atoms with van der Waals surface area (Å²) < 4.78 is 48.6. The maximum atomic E-state index is 11.2. The van der Waals surface area contributed by atoms with Crippen LogP contribution in [0, 0.1) is 0 Å². The first kappa shape index (κ1) is 14.3. The van der Waals surface area contributed by atoms with Crippen molar-refractivity contribution in [2.24, 2.45) is 0 Å². The Bertz CT molecular complexity index is 574. The predicted octanol–water partition coefficient (Wildman–Crippen LogP) is 1.04. The van der Waals surface area contributed by atoms with Crippen LogP contribution < -0.4 is 4.74 Å². The molecule has 8 heteroatoms. The standard InChI is InChI=1S/C9H11ClO5S2/c1-16(11,12)9-4-2-8(3-5-9)15-6-7-17(10,13)14/h2-5H,6-7H2,1H3. The Kier molecular flexibility index (Phi) is 4.40. The second-order valence-electron chi connectivity index (χ2n) is 3.33. The Hall–Kier alpha value is -0.790. The van der Waals surface area contributed by atoms with Crippen LogP contribution in [0.1, 0.15) is 0 Å². The lowest BCUT2D eigenvalue weighted by Crippen LogP contribution is -2.08. The molecule has 0 saturated carbocycles. The molecule has 0 amide bonds. The van der Waals surface area contributed by atoms with Crippen LogP contribution in [0.25, 0.3) is 0 Å². The molecular weight excluding hydrogens is 288 g/mol. The van der Waals surface area contributed by atoms with E-state index in [0.717, 1.165) is 6.26 Å². The molecule has 0 unspecified atom stereocenters. The largest absolute Gasteiger partial charge is 0.492 e. The van der Waals surface area contributed by atoms with Crippen molar-refractivity contribution < 1.29 is 21.6 Å². The summed E-state index contributed by atoms with van der Waals surface area (Å²) in [4.78, 5) is 0.176. The van der Waals surface area contributed by atoms with Gasteiger partial charge in [0.25, 0.3) is 0 Å². The van der Waals surface area contributed by atoms with E-state index in [0.29, 0.717) is 5.75 Å². The molecule has 0 aromatic heterocycles. The van der Waals surface area contributed by atoms with Crippen molar-refractivity contribution in [2.45, 2.75) is 4.90 Å². The molecule has 0 saturated heterocycles. The van der Waals surface area contributed by atoms with Gasteiger partial charge in [0.15, 0.2) is 9.84 Å². The first-order chi connectivity index (χ1) is 7.68. The number of ether oxygens (including phenoxy) is 1. The van der Waals surface area contributed by atoms with Gasteiger partial charge in [-0.1, -0.05) is 0 Å². The van der Waals surface area contributed by atoms with Gasteiger partial charge < -0.3 is 4.74 Å². The van der Waals surface area contributed by atoms with E-state index in [9.17, 15) is 16.8 Å². The Morgan fingerprint density at radius 1 is 1.12 bits per heavy atom. The van der Waals surface area contributed by atoms with Crippen molar-refractivity contribution in [1.82, 2.24) is 0 Å². The van der Waals surface area contributed by atoms with Gasteiger partial charge >= 0.3 is 0 Å². The summed E-state index contributed by atoms with van der Waals surface area (Å²) in [6.45, 7) is -0.0793. The van der Waals surface area contributed by atoms with Crippen LogP contribution in [0.15, 0.2) is 29.2 Å². The molecule has 0 aliphatic carbocycles. The molecule has 0 aliphatic heterocycles. The zero-order valence-corrected chi connectivity index (χ0v) is 11.3. The average Bonchev–Trinajstić information content (AvgIpc) is 2.15. The molecule has 0 atom stereocenters. The second kappa shape index (κ2) is 5.24. The molecular formula is C9H11ClO5S2. The van der Waals surface area contributed by atoms with E-state index < -0.39 is 18.9 Å². The van der Waals surface area contributed by atoms with E-state index in [1.165, 1.54) is 24.3 Å². The van der Waals surface area contributed by atoms with E-state index in [-0.39, 0.29) is 17.3 Å². The van der Waals surface area contributed by atoms with E-state index in [2.05, 4.69) is 0 Å². The van der Waals surface area contributed by atoms with Crippen molar-refractivity contribution >= 4 is 29.6 Å². The lowest BCUT2D eigenvalue weighted by Gasteiger charge is -2.05. The molecule has 0 N–H and O–H groups in total. The first-order valence-electron chi connectivity index (χ1n) is 4.54. The number of rotatable bonds is 5. The van der Waals surface area contributed by atoms with Crippen LogP contribution in [0.3, 0.4) is 0 Å². The number of sulfone groups is 1. The van der Waals surface area contributed by atoms with Crippen LogP contribution >= 0.6 is 10.7 Å². The highest BCUT2D eigenvalue weighted by atomic mass is 35.7. The van der Waals surface area contributed by atoms with Crippen LogP contribution in [-0.4, -0.2) is 35.5 Å². The van der Waals surface area contributed by atoms with Crippen LogP contribution in [-0.2, 0) is 18.9 Å². The molecule has 96 valence electrons. The molecule has 0 spiro atoms. The van der Waals surface area contributed by atoms with Gasteiger partial charge in [0.1, 0.15) is 12.4 Å². The van der Waals surface area contributed by atoms with Gasteiger partial charge in [-0.25, -0.2) is 16.8 Å². The van der Waals surface area contributed by atoms with Gasteiger partial charge in [-0.2, -0.15) is 0 Å². The smallest absolute Gasteiger partial charge is 0.235 e.